The van der Waals surface area contributed by atoms with Gasteiger partial charge in [0.2, 0.25) is 21.8 Å². The molecule has 1 aliphatic rings. The predicted octanol–water partition coefficient (Wildman–Crippen LogP) is 6.61. The second-order valence-electron chi connectivity index (χ2n) is 10.5. The summed E-state index contributed by atoms with van der Waals surface area (Å²) in [6.45, 7) is -0.605. The number of hydrogen-bond acceptors (Lipinski definition) is 4. The molecule has 1 saturated carbocycles. The fraction of sp³-hybridized carbons (Fsp3) is 0.355. The number of sulfonamides is 1. The van der Waals surface area contributed by atoms with E-state index in [1.165, 1.54) is 4.90 Å². The monoisotopic (exact) mass is 693 g/mol. The van der Waals surface area contributed by atoms with E-state index in [-0.39, 0.29) is 24.9 Å². The number of carbonyl (C=O) groups is 2. The number of carbonyl (C=O) groups excluding carboxylic acids is 2. The molecule has 11 heteroatoms. The number of anilines is 1. The van der Waals surface area contributed by atoms with Crippen molar-refractivity contribution in [3.8, 4) is 0 Å². The molecular formula is C31H34BrCl2N3O4S. The van der Waals surface area contributed by atoms with Crippen LogP contribution in [0.4, 0.5) is 5.69 Å². The van der Waals surface area contributed by atoms with Gasteiger partial charge in [0.15, 0.2) is 0 Å². The summed E-state index contributed by atoms with van der Waals surface area (Å²) in [5.74, 6) is -0.860. The third-order valence-corrected chi connectivity index (χ3v) is 9.92. The van der Waals surface area contributed by atoms with Gasteiger partial charge in [0.05, 0.1) is 11.9 Å². The van der Waals surface area contributed by atoms with Crippen LogP contribution in [0, 0.1) is 0 Å². The first-order chi connectivity index (χ1) is 20.0. The van der Waals surface area contributed by atoms with Gasteiger partial charge in [-0.2, -0.15) is 0 Å². The molecule has 1 N–H and O–H groups in total. The van der Waals surface area contributed by atoms with Crippen molar-refractivity contribution in [2.45, 2.75) is 57.2 Å². The van der Waals surface area contributed by atoms with Gasteiger partial charge in [0.1, 0.15) is 12.6 Å². The smallest absolute Gasteiger partial charge is 0.244 e. The van der Waals surface area contributed by atoms with Crippen LogP contribution in [-0.4, -0.2) is 50.0 Å². The van der Waals surface area contributed by atoms with Crippen LogP contribution in [0.5, 0.6) is 0 Å². The summed E-state index contributed by atoms with van der Waals surface area (Å²) in [5, 5.41) is 3.87. The normalized spacial score (nSPS) is 14.7. The number of benzene rings is 3. The van der Waals surface area contributed by atoms with E-state index in [9.17, 15) is 18.0 Å². The first-order valence-electron chi connectivity index (χ1n) is 13.8. The van der Waals surface area contributed by atoms with E-state index in [2.05, 4.69) is 21.2 Å². The van der Waals surface area contributed by atoms with Gasteiger partial charge in [-0.1, -0.05) is 91.0 Å². The maximum atomic E-state index is 14.3. The number of rotatable bonds is 11. The van der Waals surface area contributed by atoms with Gasteiger partial charge in [-0.3, -0.25) is 13.9 Å². The Morgan fingerprint density at radius 2 is 1.55 bits per heavy atom. The molecule has 0 bridgehead atoms. The van der Waals surface area contributed by atoms with Gasteiger partial charge in [0.25, 0.3) is 0 Å². The van der Waals surface area contributed by atoms with E-state index in [0.717, 1.165) is 48.2 Å². The number of amides is 2. The second kappa shape index (κ2) is 14.7. The van der Waals surface area contributed by atoms with E-state index >= 15 is 0 Å². The van der Waals surface area contributed by atoms with Crippen molar-refractivity contribution in [1.82, 2.24) is 10.2 Å². The molecule has 1 aliphatic carbocycles. The molecule has 42 heavy (non-hydrogen) atoms. The second-order valence-corrected chi connectivity index (χ2v) is 14.1. The van der Waals surface area contributed by atoms with Crippen molar-refractivity contribution >= 4 is 66.7 Å². The Labute approximate surface area is 266 Å². The summed E-state index contributed by atoms with van der Waals surface area (Å²) >= 11 is 16.5. The van der Waals surface area contributed by atoms with Gasteiger partial charge in [-0.05, 0) is 58.6 Å². The Hall–Kier alpha value is -2.59. The summed E-state index contributed by atoms with van der Waals surface area (Å²) in [7, 11) is -3.88. The summed E-state index contributed by atoms with van der Waals surface area (Å²) in [5.41, 5.74) is 1.65. The largest absolute Gasteiger partial charge is 0.352 e. The molecule has 0 aromatic heterocycles. The lowest BCUT2D eigenvalue weighted by Crippen LogP contribution is -2.55. The van der Waals surface area contributed by atoms with Crippen molar-refractivity contribution in [3.63, 3.8) is 0 Å². The Balaban J connectivity index is 1.76. The molecule has 7 nitrogen and oxygen atoms in total. The molecule has 0 radical (unpaired) electrons. The Morgan fingerprint density at radius 3 is 2.17 bits per heavy atom. The maximum Gasteiger partial charge on any atom is 0.244 e. The summed E-state index contributed by atoms with van der Waals surface area (Å²) in [6, 6.07) is 20.3. The Morgan fingerprint density at radius 1 is 0.929 bits per heavy atom. The highest BCUT2D eigenvalue weighted by atomic mass is 79.9. The van der Waals surface area contributed by atoms with Gasteiger partial charge < -0.3 is 10.2 Å². The number of hydrogen-bond donors (Lipinski definition) is 1. The topological polar surface area (TPSA) is 86.8 Å². The number of nitrogens with one attached hydrogen (secondary N) is 1. The minimum atomic E-state index is -3.88. The van der Waals surface area contributed by atoms with Crippen molar-refractivity contribution in [2.75, 3.05) is 17.1 Å². The zero-order chi connectivity index (χ0) is 30.3. The van der Waals surface area contributed by atoms with Crippen LogP contribution in [0.3, 0.4) is 0 Å². The predicted molar refractivity (Wildman–Crippen MR) is 172 cm³/mol. The van der Waals surface area contributed by atoms with Crippen LogP contribution in [0.25, 0.3) is 0 Å². The molecule has 0 saturated heterocycles. The van der Waals surface area contributed by atoms with Crippen molar-refractivity contribution in [1.29, 1.82) is 0 Å². The lowest BCUT2D eigenvalue weighted by Gasteiger charge is -2.35. The number of halogens is 3. The van der Waals surface area contributed by atoms with Gasteiger partial charge in [-0.25, -0.2) is 8.42 Å². The van der Waals surface area contributed by atoms with E-state index in [0.29, 0.717) is 25.8 Å². The van der Waals surface area contributed by atoms with Crippen molar-refractivity contribution < 1.29 is 18.0 Å². The zero-order valence-electron chi connectivity index (χ0n) is 23.3. The van der Waals surface area contributed by atoms with Gasteiger partial charge in [-0.15, -0.1) is 0 Å². The molecule has 4 rings (SSSR count). The van der Waals surface area contributed by atoms with Crippen LogP contribution in [0.1, 0.15) is 43.2 Å². The number of para-hydroxylation sites is 1. The molecule has 224 valence electrons. The fourth-order valence-electron chi connectivity index (χ4n) is 5.20. The van der Waals surface area contributed by atoms with Crippen LogP contribution >= 0.6 is 39.1 Å². The minimum Gasteiger partial charge on any atom is -0.352 e. The Bertz CT molecular complexity index is 1480. The summed E-state index contributed by atoms with van der Waals surface area (Å²) < 4.78 is 27.5. The molecule has 2 amide bonds. The van der Waals surface area contributed by atoms with Crippen molar-refractivity contribution in [3.05, 3.63) is 98.4 Å². The minimum absolute atomic E-state index is 0.0122. The molecule has 1 atom stereocenters. The van der Waals surface area contributed by atoms with Crippen LogP contribution in [0.2, 0.25) is 10.0 Å². The lowest BCUT2D eigenvalue weighted by atomic mass is 9.94. The van der Waals surface area contributed by atoms with Gasteiger partial charge >= 0.3 is 0 Å². The van der Waals surface area contributed by atoms with Gasteiger partial charge in [0, 0.05) is 39.1 Å². The van der Waals surface area contributed by atoms with E-state index in [4.69, 9.17) is 23.2 Å². The molecule has 0 spiro atoms. The average molecular weight is 696 g/mol. The highest BCUT2D eigenvalue weighted by molar-refractivity contribution is 9.10. The van der Waals surface area contributed by atoms with Crippen molar-refractivity contribution in [2.24, 2.45) is 0 Å². The molecule has 0 aliphatic heterocycles. The quantitative estimate of drug-likeness (QED) is 0.245. The number of nitrogens with zero attached hydrogens (tertiary/aromatic N) is 2. The van der Waals surface area contributed by atoms with E-state index < -0.39 is 28.5 Å². The first-order valence-corrected chi connectivity index (χ1v) is 17.2. The molecule has 0 unspecified atom stereocenters. The van der Waals surface area contributed by atoms with Crippen LogP contribution < -0.4 is 9.62 Å². The molecule has 3 aromatic carbocycles. The van der Waals surface area contributed by atoms with E-state index in [1.807, 2.05) is 30.3 Å². The van der Waals surface area contributed by atoms with Crippen LogP contribution in [0.15, 0.2) is 77.3 Å². The summed E-state index contributed by atoms with van der Waals surface area (Å²) in [4.78, 5) is 29.7. The standard InChI is InChI=1S/C31H34BrCl2N3O4S/c1-42(40,41)37(28-18-9-8-15-25(28)32)21-30(38)36(20-24-26(33)16-10-17-27(24)34)29(19-22-11-4-2-5-12-22)31(39)35-23-13-6-3-7-14-23/h2,4-5,8-12,15-18,23,29H,3,6-7,13-14,19-21H2,1H3,(H,35,39)/t29-/m1/s1. The highest BCUT2D eigenvalue weighted by Gasteiger charge is 2.35. The molecule has 1 fully saturated rings. The third kappa shape index (κ3) is 8.49. The summed E-state index contributed by atoms with van der Waals surface area (Å²) in [6.07, 6.45) is 6.21. The SMILES string of the molecule is CS(=O)(=O)N(CC(=O)N(Cc1c(Cl)cccc1Cl)[C@H](Cc1ccccc1)C(=O)NC1CCCCC1)c1ccccc1Br. The third-order valence-electron chi connectivity index (χ3n) is 7.41. The highest BCUT2D eigenvalue weighted by Crippen LogP contribution is 2.30. The zero-order valence-corrected chi connectivity index (χ0v) is 27.2. The fourth-order valence-corrected chi connectivity index (χ4v) is 7.20. The first kappa shape index (κ1) is 32.3. The average Bonchev–Trinajstić information content (AvgIpc) is 2.96. The molecule has 0 heterocycles. The van der Waals surface area contributed by atoms with Crippen LogP contribution in [-0.2, 0) is 32.6 Å². The molecule has 3 aromatic rings. The lowest BCUT2D eigenvalue weighted by molar-refractivity contribution is -0.140. The van der Waals surface area contributed by atoms with E-state index in [1.54, 1.807) is 42.5 Å². The Kier molecular flexibility index (Phi) is 11.3. The maximum absolute atomic E-state index is 14.3. The molecular weight excluding hydrogens is 661 g/mol.